The largest absolute Gasteiger partial charge is 0.453 e. The number of hydrogen-bond acceptors (Lipinski definition) is 3. The van der Waals surface area contributed by atoms with Gasteiger partial charge in [-0.2, -0.15) is 4.76 Å². The van der Waals surface area contributed by atoms with Crippen LogP contribution in [-0.2, 0) is 13.6 Å². The first kappa shape index (κ1) is 14.6. The molecule has 0 aromatic heterocycles. The van der Waals surface area contributed by atoms with Crippen LogP contribution in [0.4, 0.5) is 0 Å². The van der Waals surface area contributed by atoms with E-state index in [-0.39, 0.29) is 0 Å². The quantitative estimate of drug-likeness (QED) is 0.587. The monoisotopic (exact) mass is 319 g/mol. The summed E-state index contributed by atoms with van der Waals surface area (Å²) in [7, 11) is -3.34. The molecule has 0 N–H and O–H groups in total. The molecule has 0 spiro atoms. The third-order valence-corrected chi connectivity index (χ3v) is 3.90. The molecule has 0 atom stereocenters. The Bertz CT molecular complexity index is 409. The summed E-state index contributed by atoms with van der Waals surface area (Å²) in [4.78, 5) is 0. The first-order valence-corrected chi connectivity index (χ1v) is 7.58. The number of rotatable bonds is 6. The Balaban J connectivity index is 2.79. The average Bonchev–Trinajstić information content (AvgIpc) is 2.29. The maximum absolute atomic E-state index is 12.0. The van der Waals surface area contributed by atoms with E-state index in [9.17, 15) is 4.57 Å². The Morgan fingerprint density at radius 1 is 1.24 bits per heavy atom. The van der Waals surface area contributed by atoms with Crippen LogP contribution >= 0.6 is 23.7 Å². The van der Waals surface area contributed by atoms with Crippen LogP contribution in [0.3, 0.4) is 0 Å². The second-order valence-electron chi connectivity index (χ2n) is 3.10. The van der Waals surface area contributed by atoms with E-state index < -0.39 is 7.75 Å². The lowest BCUT2D eigenvalue weighted by atomic mass is 10.2. The van der Waals surface area contributed by atoms with E-state index in [2.05, 4.69) is 20.7 Å². The normalized spacial score (nSPS) is 12.2. The van der Waals surface area contributed by atoms with Crippen molar-refractivity contribution in [1.29, 1.82) is 0 Å². The Kier molecular flexibility index (Phi) is 6.06. The van der Waals surface area contributed by atoms with Crippen LogP contribution < -0.4 is 0 Å². The van der Waals surface area contributed by atoms with Crippen LogP contribution in [0, 0.1) is 0 Å². The van der Waals surface area contributed by atoms with Crippen molar-refractivity contribution in [1.82, 2.24) is 0 Å². The maximum Gasteiger partial charge on any atom is 0.453 e. The van der Waals surface area contributed by atoms with Crippen molar-refractivity contribution in [2.45, 2.75) is 13.8 Å². The smallest absolute Gasteiger partial charge is 0.291 e. The summed E-state index contributed by atoms with van der Waals surface area (Å²) in [6.07, 6.45) is 1.50. The molecule has 0 amide bonds. The molecule has 0 bridgehead atoms. The predicted molar refractivity (Wildman–Crippen MR) is 72.6 cm³/mol. The summed E-state index contributed by atoms with van der Waals surface area (Å²) >= 11 is 3.34. The summed E-state index contributed by atoms with van der Waals surface area (Å²) in [6.45, 7) is 4.10. The minimum Gasteiger partial charge on any atom is -0.291 e. The molecular weight excluding hydrogens is 305 g/mol. The predicted octanol–water partition coefficient (Wildman–Crippen LogP) is 4.05. The molecule has 1 rings (SSSR count). The van der Waals surface area contributed by atoms with Gasteiger partial charge < -0.3 is 0 Å². The van der Waals surface area contributed by atoms with Gasteiger partial charge in [-0.3, -0.25) is 9.05 Å². The molecule has 0 fully saturated rings. The van der Waals surface area contributed by atoms with Crippen LogP contribution in [-0.4, -0.2) is 19.4 Å². The van der Waals surface area contributed by atoms with Crippen LogP contribution in [0.25, 0.3) is 0 Å². The van der Waals surface area contributed by atoms with Gasteiger partial charge in [0.25, 0.3) is 0 Å². The van der Waals surface area contributed by atoms with Crippen molar-refractivity contribution < 1.29 is 13.6 Å². The van der Waals surface area contributed by atoms with E-state index in [4.69, 9.17) is 9.05 Å². The highest BCUT2D eigenvalue weighted by Crippen LogP contribution is 2.49. The fraction of sp³-hybridized carbons (Fsp3) is 0.364. The maximum atomic E-state index is 12.0. The first-order chi connectivity index (χ1) is 8.09. The number of benzene rings is 1. The SMILES string of the molecule is CCOP(=O)(/N=C/c1ccc(Br)cc1)OCC. The Morgan fingerprint density at radius 2 is 1.76 bits per heavy atom. The van der Waals surface area contributed by atoms with Gasteiger partial charge in [0.05, 0.1) is 13.2 Å². The van der Waals surface area contributed by atoms with Crippen molar-refractivity contribution in [2.24, 2.45) is 4.76 Å². The standard InChI is InChI=1S/C11H15BrNO3P/c1-3-15-17(14,16-4-2)13-9-10-5-7-11(12)8-6-10/h5-9H,3-4H2,1-2H3/b13-9+. The van der Waals surface area contributed by atoms with E-state index in [1.54, 1.807) is 13.8 Å². The molecule has 0 unspecified atom stereocenters. The lowest BCUT2D eigenvalue weighted by molar-refractivity contribution is 0.221. The van der Waals surface area contributed by atoms with Crippen molar-refractivity contribution in [3.8, 4) is 0 Å². The van der Waals surface area contributed by atoms with Gasteiger partial charge in [0.2, 0.25) is 0 Å². The fourth-order valence-corrected chi connectivity index (χ4v) is 2.52. The number of nitrogens with zero attached hydrogens (tertiary/aromatic N) is 1. The highest BCUT2D eigenvalue weighted by atomic mass is 79.9. The second kappa shape index (κ2) is 7.07. The summed E-state index contributed by atoms with van der Waals surface area (Å²) in [6, 6.07) is 7.48. The van der Waals surface area contributed by atoms with Gasteiger partial charge in [0, 0.05) is 10.7 Å². The topological polar surface area (TPSA) is 47.9 Å². The molecule has 0 radical (unpaired) electrons. The zero-order valence-corrected chi connectivity index (χ0v) is 12.3. The summed E-state index contributed by atoms with van der Waals surface area (Å²) in [5, 5.41) is 0. The first-order valence-electron chi connectivity index (χ1n) is 5.30. The van der Waals surface area contributed by atoms with Crippen molar-refractivity contribution >= 4 is 29.9 Å². The summed E-state index contributed by atoms with van der Waals surface area (Å²) in [5.41, 5.74) is 0.841. The second-order valence-corrected chi connectivity index (χ2v) is 5.70. The molecule has 6 heteroatoms. The van der Waals surface area contributed by atoms with E-state index in [0.717, 1.165) is 10.0 Å². The molecule has 4 nitrogen and oxygen atoms in total. The molecule has 94 valence electrons. The summed E-state index contributed by atoms with van der Waals surface area (Å²) < 4.78 is 27.0. The molecule has 0 saturated carbocycles. The Labute approximate surface area is 110 Å². The van der Waals surface area contributed by atoms with E-state index in [0.29, 0.717) is 13.2 Å². The van der Waals surface area contributed by atoms with E-state index in [1.807, 2.05) is 24.3 Å². The van der Waals surface area contributed by atoms with Crippen LogP contribution in [0.1, 0.15) is 19.4 Å². The molecule has 0 saturated heterocycles. The van der Waals surface area contributed by atoms with E-state index in [1.165, 1.54) is 6.21 Å². The molecule has 0 heterocycles. The van der Waals surface area contributed by atoms with Gasteiger partial charge in [-0.1, -0.05) is 28.1 Å². The molecule has 1 aromatic rings. The van der Waals surface area contributed by atoms with Crippen molar-refractivity contribution in [3.63, 3.8) is 0 Å². The zero-order valence-electron chi connectivity index (χ0n) is 9.80. The van der Waals surface area contributed by atoms with Gasteiger partial charge in [0.15, 0.2) is 0 Å². The highest BCUT2D eigenvalue weighted by Gasteiger charge is 2.21. The minimum atomic E-state index is -3.34. The molecular formula is C11H15BrNO3P. The molecule has 1 aromatic carbocycles. The van der Waals surface area contributed by atoms with Crippen molar-refractivity contribution in [2.75, 3.05) is 13.2 Å². The molecule has 0 aliphatic carbocycles. The zero-order chi connectivity index (χ0) is 12.7. The minimum absolute atomic E-state index is 0.301. The van der Waals surface area contributed by atoms with Crippen LogP contribution in [0.15, 0.2) is 33.5 Å². The molecule has 17 heavy (non-hydrogen) atoms. The third-order valence-electron chi connectivity index (χ3n) is 1.80. The van der Waals surface area contributed by atoms with Gasteiger partial charge in [-0.25, -0.2) is 4.57 Å². The molecule has 0 aliphatic heterocycles. The highest BCUT2D eigenvalue weighted by molar-refractivity contribution is 9.10. The van der Waals surface area contributed by atoms with Gasteiger partial charge in [-0.05, 0) is 31.5 Å². The average molecular weight is 320 g/mol. The molecule has 0 aliphatic rings. The number of hydrogen-bond donors (Lipinski definition) is 0. The van der Waals surface area contributed by atoms with Crippen LogP contribution in [0.2, 0.25) is 0 Å². The van der Waals surface area contributed by atoms with Gasteiger partial charge >= 0.3 is 7.75 Å². The van der Waals surface area contributed by atoms with Crippen LogP contribution in [0.5, 0.6) is 0 Å². The fourth-order valence-electron chi connectivity index (χ4n) is 1.12. The van der Waals surface area contributed by atoms with Crippen molar-refractivity contribution in [3.05, 3.63) is 34.3 Å². The summed E-state index contributed by atoms with van der Waals surface area (Å²) in [5.74, 6) is 0. The Hall–Kier alpha value is -0.480. The lowest BCUT2D eigenvalue weighted by Gasteiger charge is -2.10. The lowest BCUT2D eigenvalue weighted by Crippen LogP contribution is -1.94. The Morgan fingerprint density at radius 3 is 2.24 bits per heavy atom. The van der Waals surface area contributed by atoms with Gasteiger partial charge in [0.1, 0.15) is 0 Å². The third kappa shape index (κ3) is 5.13. The van der Waals surface area contributed by atoms with E-state index >= 15 is 0 Å². The van der Waals surface area contributed by atoms with Gasteiger partial charge in [-0.15, -0.1) is 0 Å². The number of halogens is 1.